The Kier molecular flexibility index (Phi) is 3.17. The lowest BCUT2D eigenvalue weighted by molar-refractivity contribution is -0.127. The molecular weight excluding hydrogens is 240 g/mol. The highest BCUT2D eigenvalue weighted by Gasteiger charge is 2.27. The van der Waals surface area contributed by atoms with Crippen molar-refractivity contribution in [3.8, 4) is 0 Å². The van der Waals surface area contributed by atoms with Crippen molar-refractivity contribution in [3.63, 3.8) is 0 Å². The van der Waals surface area contributed by atoms with Crippen LogP contribution >= 0.6 is 0 Å². The van der Waals surface area contributed by atoms with E-state index in [-0.39, 0.29) is 12.3 Å². The third-order valence-electron chi connectivity index (χ3n) is 3.53. The van der Waals surface area contributed by atoms with Gasteiger partial charge in [-0.15, -0.1) is 0 Å². The summed E-state index contributed by atoms with van der Waals surface area (Å²) < 4.78 is 0. The second kappa shape index (κ2) is 4.97. The molecule has 1 saturated heterocycles. The molecule has 4 heteroatoms. The molecule has 1 atom stereocenters. The molecule has 0 spiro atoms. The number of likely N-dealkylation sites (tertiary alicyclic amines) is 1. The topological polar surface area (TPSA) is 53.4 Å². The van der Waals surface area contributed by atoms with Crippen LogP contribution in [0.5, 0.6) is 0 Å². The molecule has 1 amide bonds. The number of fused-ring (bicyclic) bond motifs is 1. The van der Waals surface area contributed by atoms with E-state index in [0.29, 0.717) is 13.1 Å². The van der Waals surface area contributed by atoms with Crippen molar-refractivity contribution >= 4 is 16.8 Å². The first kappa shape index (κ1) is 12.1. The van der Waals surface area contributed by atoms with Gasteiger partial charge in [-0.05, 0) is 24.1 Å². The second-order valence-electron chi connectivity index (χ2n) is 4.98. The van der Waals surface area contributed by atoms with Gasteiger partial charge in [0.1, 0.15) is 0 Å². The highest BCUT2D eigenvalue weighted by molar-refractivity contribution is 5.79. The summed E-state index contributed by atoms with van der Waals surface area (Å²) in [6.45, 7) is 1.12. The molecule has 0 bridgehead atoms. The van der Waals surface area contributed by atoms with Gasteiger partial charge < -0.3 is 10.0 Å². The Labute approximate surface area is 111 Å². The van der Waals surface area contributed by atoms with Gasteiger partial charge in [0.15, 0.2) is 0 Å². The predicted molar refractivity (Wildman–Crippen MR) is 72.7 cm³/mol. The average Bonchev–Trinajstić information content (AvgIpc) is 2.74. The lowest BCUT2D eigenvalue weighted by Crippen LogP contribution is -2.28. The number of aliphatic hydroxyl groups excluding tert-OH is 1. The van der Waals surface area contributed by atoms with Crippen LogP contribution in [0.3, 0.4) is 0 Å². The molecule has 0 radical (unpaired) electrons. The van der Waals surface area contributed by atoms with E-state index >= 15 is 0 Å². The fourth-order valence-electron chi connectivity index (χ4n) is 2.50. The minimum Gasteiger partial charge on any atom is -0.391 e. The minimum atomic E-state index is -0.495. The molecule has 1 fully saturated rings. The van der Waals surface area contributed by atoms with Gasteiger partial charge in [-0.3, -0.25) is 9.78 Å². The van der Waals surface area contributed by atoms with Gasteiger partial charge in [0, 0.05) is 24.7 Å². The SMILES string of the molecule is O=C1CC(O)CN1CCc1ccc2cccnc2c1. The molecule has 0 aliphatic carbocycles. The first-order chi connectivity index (χ1) is 9.22. The number of hydrogen-bond acceptors (Lipinski definition) is 3. The zero-order valence-corrected chi connectivity index (χ0v) is 10.6. The molecular formula is C15H16N2O2. The van der Waals surface area contributed by atoms with Crippen molar-refractivity contribution in [3.05, 3.63) is 42.1 Å². The fraction of sp³-hybridized carbons (Fsp3) is 0.333. The first-order valence-corrected chi connectivity index (χ1v) is 6.52. The Bertz CT molecular complexity index is 612. The third-order valence-corrected chi connectivity index (χ3v) is 3.53. The van der Waals surface area contributed by atoms with Crippen LogP contribution in [0.1, 0.15) is 12.0 Å². The van der Waals surface area contributed by atoms with Gasteiger partial charge in [0.25, 0.3) is 0 Å². The first-order valence-electron chi connectivity index (χ1n) is 6.52. The van der Waals surface area contributed by atoms with E-state index < -0.39 is 6.10 Å². The van der Waals surface area contributed by atoms with Crippen molar-refractivity contribution in [1.82, 2.24) is 9.88 Å². The standard InChI is InChI=1S/C15H16N2O2/c18-13-9-15(19)17(10-13)7-5-11-3-4-12-2-1-6-16-14(12)8-11/h1-4,6,8,13,18H,5,7,9-10H2. The van der Waals surface area contributed by atoms with Crippen LogP contribution in [0.25, 0.3) is 10.9 Å². The lowest BCUT2D eigenvalue weighted by Gasteiger charge is -2.15. The lowest BCUT2D eigenvalue weighted by atomic mass is 10.1. The predicted octanol–water partition coefficient (Wildman–Crippen LogP) is 1.37. The number of hydrogen-bond donors (Lipinski definition) is 1. The Hall–Kier alpha value is -1.94. The molecule has 3 rings (SSSR count). The van der Waals surface area contributed by atoms with Crippen molar-refractivity contribution in [2.75, 3.05) is 13.1 Å². The van der Waals surface area contributed by atoms with Crippen LogP contribution in [0.2, 0.25) is 0 Å². The maximum Gasteiger partial charge on any atom is 0.225 e. The molecule has 4 nitrogen and oxygen atoms in total. The van der Waals surface area contributed by atoms with Crippen molar-refractivity contribution in [2.45, 2.75) is 18.9 Å². The Morgan fingerprint density at radius 2 is 2.26 bits per heavy atom. The van der Waals surface area contributed by atoms with Gasteiger partial charge in [-0.2, -0.15) is 0 Å². The van der Waals surface area contributed by atoms with Crippen molar-refractivity contribution in [1.29, 1.82) is 0 Å². The second-order valence-corrected chi connectivity index (χ2v) is 4.98. The number of carbonyl (C=O) groups is 1. The quantitative estimate of drug-likeness (QED) is 0.902. The Balaban J connectivity index is 1.70. The van der Waals surface area contributed by atoms with Crippen molar-refractivity contribution < 1.29 is 9.90 Å². The molecule has 2 heterocycles. The van der Waals surface area contributed by atoms with Crippen LogP contribution in [0.15, 0.2) is 36.5 Å². The van der Waals surface area contributed by atoms with E-state index in [0.717, 1.165) is 17.3 Å². The number of amides is 1. The van der Waals surface area contributed by atoms with Gasteiger partial charge in [0.2, 0.25) is 5.91 Å². The number of β-amino-alcohol motifs (C(OH)–C–C–N with tert-alkyl or cyclic N) is 1. The molecule has 1 aliphatic rings. The highest BCUT2D eigenvalue weighted by atomic mass is 16.3. The maximum atomic E-state index is 11.6. The van der Waals surface area contributed by atoms with Gasteiger partial charge in [-0.1, -0.05) is 18.2 Å². The zero-order valence-electron chi connectivity index (χ0n) is 10.6. The largest absolute Gasteiger partial charge is 0.391 e. The molecule has 1 aliphatic heterocycles. The summed E-state index contributed by atoms with van der Waals surface area (Å²) in [4.78, 5) is 17.6. The molecule has 1 aromatic heterocycles. The summed E-state index contributed by atoms with van der Waals surface area (Å²) in [5, 5.41) is 10.6. The molecule has 1 N–H and O–H groups in total. The van der Waals surface area contributed by atoms with Crippen molar-refractivity contribution in [2.24, 2.45) is 0 Å². The summed E-state index contributed by atoms with van der Waals surface area (Å²) in [7, 11) is 0. The van der Waals surface area contributed by atoms with Gasteiger partial charge in [0.05, 0.1) is 18.0 Å². The molecule has 1 unspecified atom stereocenters. The zero-order chi connectivity index (χ0) is 13.2. The number of pyridine rings is 1. The molecule has 2 aromatic rings. The number of benzene rings is 1. The third kappa shape index (κ3) is 2.58. The minimum absolute atomic E-state index is 0.0476. The van der Waals surface area contributed by atoms with Crippen LogP contribution < -0.4 is 0 Å². The monoisotopic (exact) mass is 256 g/mol. The summed E-state index contributed by atoms with van der Waals surface area (Å²) in [6.07, 6.45) is 2.35. The van der Waals surface area contributed by atoms with Crippen LogP contribution in [-0.4, -0.2) is 40.1 Å². The van der Waals surface area contributed by atoms with Gasteiger partial charge >= 0.3 is 0 Å². The average molecular weight is 256 g/mol. The summed E-state index contributed by atoms with van der Waals surface area (Å²) in [6, 6.07) is 10.1. The van der Waals surface area contributed by atoms with E-state index in [1.807, 2.05) is 12.1 Å². The van der Waals surface area contributed by atoms with Gasteiger partial charge in [-0.25, -0.2) is 0 Å². The van der Waals surface area contributed by atoms with E-state index in [2.05, 4.69) is 23.2 Å². The normalized spacial score (nSPS) is 19.3. The summed E-state index contributed by atoms with van der Waals surface area (Å²) in [5.41, 5.74) is 2.15. The van der Waals surface area contributed by atoms with E-state index in [4.69, 9.17) is 0 Å². The number of carbonyl (C=O) groups excluding carboxylic acids is 1. The number of nitrogens with zero attached hydrogens (tertiary/aromatic N) is 2. The van der Waals surface area contributed by atoms with E-state index in [1.54, 1.807) is 11.1 Å². The van der Waals surface area contributed by atoms with Crippen LogP contribution in [0, 0.1) is 0 Å². The van der Waals surface area contributed by atoms with Crippen LogP contribution in [0.4, 0.5) is 0 Å². The molecule has 1 aromatic carbocycles. The Morgan fingerprint density at radius 1 is 1.37 bits per heavy atom. The van der Waals surface area contributed by atoms with E-state index in [9.17, 15) is 9.90 Å². The highest BCUT2D eigenvalue weighted by Crippen LogP contribution is 2.15. The fourth-order valence-corrected chi connectivity index (χ4v) is 2.50. The number of rotatable bonds is 3. The summed E-state index contributed by atoms with van der Waals surface area (Å²) >= 11 is 0. The molecule has 19 heavy (non-hydrogen) atoms. The number of aromatic nitrogens is 1. The Morgan fingerprint density at radius 3 is 3.05 bits per heavy atom. The van der Waals surface area contributed by atoms with E-state index in [1.165, 1.54) is 5.56 Å². The van der Waals surface area contributed by atoms with Crippen LogP contribution in [-0.2, 0) is 11.2 Å². The summed E-state index contributed by atoms with van der Waals surface area (Å²) in [5.74, 6) is 0.0476. The molecule has 98 valence electrons. The molecule has 0 saturated carbocycles. The maximum absolute atomic E-state index is 11.6. The number of aliphatic hydroxyl groups is 1. The smallest absolute Gasteiger partial charge is 0.225 e.